The van der Waals surface area contributed by atoms with Gasteiger partial charge in [-0.05, 0) is 31.6 Å². The predicted molar refractivity (Wildman–Crippen MR) is 99.1 cm³/mol. The molecule has 2 atom stereocenters. The highest BCUT2D eigenvalue weighted by atomic mass is 28.3. The monoisotopic (exact) mass is 316 g/mol. The smallest absolute Gasteiger partial charge is 0.107 e. The molecule has 0 saturated heterocycles. The van der Waals surface area contributed by atoms with Gasteiger partial charge in [-0.15, -0.1) is 0 Å². The van der Waals surface area contributed by atoms with Crippen LogP contribution in [0.25, 0.3) is 0 Å². The maximum atomic E-state index is 10.9. The predicted octanol–water partition coefficient (Wildman–Crippen LogP) is 4.66. The summed E-state index contributed by atoms with van der Waals surface area (Å²) in [6, 6.07) is 10.9. The van der Waals surface area contributed by atoms with Crippen molar-refractivity contribution in [2.75, 3.05) is 0 Å². The van der Waals surface area contributed by atoms with E-state index in [4.69, 9.17) is 0 Å². The van der Waals surface area contributed by atoms with Crippen molar-refractivity contribution >= 4 is 13.3 Å². The van der Waals surface area contributed by atoms with Crippen LogP contribution in [0.1, 0.15) is 46.0 Å². The lowest BCUT2D eigenvalue weighted by Crippen LogP contribution is -2.48. The molecule has 0 aliphatic heterocycles. The Labute approximate surface area is 137 Å². The number of rotatable bonds is 5. The van der Waals surface area contributed by atoms with Gasteiger partial charge in [-0.2, -0.15) is 0 Å². The van der Waals surface area contributed by atoms with Crippen LogP contribution in [-0.2, 0) is 0 Å². The first-order valence-corrected chi connectivity index (χ1v) is 11.9. The van der Waals surface area contributed by atoms with Crippen LogP contribution in [0.5, 0.6) is 0 Å². The Morgan fingerprint density at radius 3 is 2.27 bits per heavy atom. The average Bonchev–Trinajstić information content (AvgIpc) is 2.56. The molecule has 0 bridgehead atoms. The van der Waals surface area contributed by atoms with Crippen molar-refractivity contribution in [2.45, 2.75) is 65.1 Å². The van der Waals surface area contributed by atoms with E-state index in [1.54, 1.807) is 0 Å². The van der Waals surface area contributed by atoms with E-state index in [-0.39, 0.29) is 12.0 Å². The van der Waals surface area contributed by atoms with Crippen LogP contribution >= 0.6 is 0 Å². The third-order valence-corrected chi connectivity index (χ3v) is 9.63. The molecule has 1 saturated carbocycles. The quantitative estimate of drug-likeness (QED) is 0.783. The van der Waals surface area contributed by atoms with E-state index in [2.05, 4.69) is 63.3 Å². The summed E-state index contributed by atoms with van der Waals surface area (Å²) in [6.45, 7) is 9.23. The standard InChI is InChI=1S/C20H32OSi/c1-5-19(22(3,4)18-14-10-7-11-15-18)16(2)20(21)17-12-8-6-9-13-17/h5,7,10-11,14-17,20-21H,6,8-9,12-13H2,1-4H3/b19-5-/t16-,20-/m0/s1. The van der Waals surface area contributed by atoms with Crippen molar-refractivity contribution in [3.05, 3.63) is 41.6 Å². The van der Waals surface area contributed by atoms with Crippen LogP contribution in [0.4, 0.5) is 0 Å². The van der Waals surface area contributed by atoms with Gasteiger partial charge < -0.3 is 5.11 Å². The Kier molecular flexibility index (Phi) is 6.05. The molecule has 0 heterocycles. The fourth-order valence-corrected chi connectivity index (χ4v) is 7.67. The third kappa shape index (κ3) is 3.72. The first kappa shape index (κ1) is 17.5. The molecular formula is C20H32OSi. The summed E-state index contributed by atoms with van der Waals surface area (Å²) in [5.41, 5.74) is 0. The number of hydrogen-bond donors (Lipinski definition) is 1. The summed E-state index contributed by atoms with van der Waals surface area (Å²) in [5, 5.41) is 13.9. The normalized spacial score (nSPS) is 20.7. The first-order chi connectivity index (χ1) is 10.5. The molecule has 22 heavy (non-hydrogen) atoms. The Hall–Kier alpha value is -0.863. The summed E-state index contributed by atoms with van der Waals surface area (Å²) >= 11 is 0. The second-order valence-electron chi connectivity index (χ2n) is 7.41. The van der Waals surface area contributed by atoms with E-state index >= 15 is 0 Å². The van der Waals surface area contributed by atoms with Gasteiger partial charge in [-0.25, -0.2) is 0 Å². The number of hydrogen-bond acceptors (Lipinski definition) is 1. The molecule has 1 aliphatic carbocycles. The largest absolute Gasteiger partial charge is 0.392 e. The van der Waals surface area contributed by atoms with Crippen molar-refractivity contribution in [3.8, 4) is 0 Å². The minimum absolute atomic E-state index is 0.179. The molecule has 0 unspecified atom stereocenters. The average molecular weight is 317 g/mol. The first-order valence-electron chi connectivity index (χ1n) is 8.88. The molecule has 0 spiro atoms. The van der Waals surface area contributed by atoms with Gasteiger partial charge in [0, 0.05) is 0 Å². The third-order valence-electron chi connectivity index (χ3n) is 5.66. The Bertz CT molecular complexity index is 486. The molecule has 2 heteroatoms. The summed E-state index contributed by atoms with van der Waals surface area (Å²) in [4.78, 5) is 0. The van der Waals surface area contributed by atoms with Crippen molar-refractivity contribution in [3.63, 3.8) is 0 Å². The zero-order chi connectivity index (χ0) is 16.2. The van der Waals surface area contributed by atoms with Crippen LogP contribution in [-0.4, -0.2) is 19.3 Å². The maximum Gasteiger partial charge on any atom is 0.107 e. The van der Waals surface area contributed by atoms with Gasteiger partial charge in [-0.1, -0.05) is 86.1 Å². The van der Waals surface area contributed by atoms with Crippen LogP contribution in [0.15, 0.2) is 41.6 Å². The van der Waals surface area contributed by atoms with E-state index in [1.807, 2.05) is 0 Å². The van der Waals surface area contributed by atoms with E-state index in [9.17, 15) is 5.11 Å². The molecule has 0 amide bonds. The van der Waals surface area contributed by atoms with Crippen molar-refractivity contribution < 1.29 is 5.11 Å². The van der Waals surface area contributed by atoms with Gasteiger partial charge in [-0.3, -0.25) is 0 Å². The van der Waals surface area contributed by atoms with Gasteiger partial charge in [0.2, 0.25) is 0 Å². The van der Waals surface area contributed by atoms with Gasteiger partial charge in [0.25, 0.3) is 0 Å². The molecule has 1 aromatic rings. The number of aliphatic hydroxyl groups is 1. The highest BCUT2D eigenvalue weighted by Gasteiger charge is 2.36. The zero-order valence-corrected chi connectivity index (χ0v) is 15.7. The molecule has 0 aromatic heterocycles. The van der Waals surface area contributed by atoms with Crippen molar-refractivity contribution in [1.29, 1.82) is 0 Å². The van der Waals surface area contributed by atoms with E-state index in [0.717, 1.165) is 0 Å². The van der Waals surface area contributed by atoms with E-state index in [0.29, 0.717) is 5.92 Å². The minimum atomic E-state index is -1.70. The molecule has 1 fully saturated rings. The molecular weight excluding hydrogens is 284 g/mol. The van der Waals surface area contributed by atoms with Crippen LogP contribution < -0.4 is 5.19 Å². The minimum Gasteiger partial charge on any atom is -0.392 e. The van der Waals surface area contributed by atoms with Crippen LogP contribution in [0.3, 0.4) is 0 Å². The van der Waals surface area contributed by atoms with Gasteiger partial charge in [0.1, 0.15) is 8.07 Å². The second kappa shape index (κ2) is 7.61. The molecule has 1 nitrogen and oxygen atoms in total. The number of aliphatic hydroxyl groups excluding tert-OH is 1. The summed E-state index contributed by atoms with van der Waals surface area (Å²) in [5.74, 6) is 0.772. The number of allylic oxidation sites excluding steroid dienone is 1. The van der Waals surface area contributed by atoms with Gasteiger partial charge in [0.05, 0.1) is 6.10 Å². The topological polar surface area (TPSA) is 20.2 Å². The molecule has 122 valence electrons. The Balaban J connectivity index is 2.19. The molecule has 2 rings (SSSR count). The van der Waals surface area contributed by atoms with E-state index < -0.39 is 8.07 Å². The van der Waals surface area contributed by atoms with Crippen molar-refractivity contribution in [2.24, 2.45) is 11.8 Å². The highest BCUT2D eigenvalue weighted by Crippen LogP contribution is 2.34. The zero-order valence-electron chi connectivity index (χ0n) is 14.7. The fraction of sp³-hybridized carbons (Fsp3) is 0.600. The van der Waals surface area contributed by atoms with E-state index in [1.165, 1.54) is 42.5 Å². The Morgan fingerprint density at radius 2 is 1.73 bits per heavy atom. The Morgan fingerprint density at radius 1 is 1.14 bits per heavy atom. The lowest BCUT2D eigenvalue weighted by atomic mass is 9.81. The molecule has 0 radical (unpaired) electrons. The van der Waals surface area contributed by atoms with Crippen LogP contribution in [0, 0.1) is 11.8 Å². The van der Waals surface area contributed by atoms with Gasteiger partial charge in [0.15, 0.2) is 0 Å². The number of benzene rings is 1. The van der Waals surface area contributed by atoms with Crippen molar-refractivity contribution in [1.82, 2.24) is 0 Å². The second-order valence-corrected chi connectivity index (χ2v) is 11.8. The molecule has 1 N–H and O–H groups in total. The summed E-state index contributed by atoms with van der Waals surface area (Å²) in [6.07, 6.45) is 8.44. The fourth-order valence-electron chi connectivity index (χ4n) is 4.28. The lowest BCUT2D eigenvalue weighted by Gasteiger charge is -2.37. The molecule has 1 aromatic carbocycles. The molecule has 1 aliphatic rings. The summed E-state index contributed by atoms with van der Waals surface area (Å²) in [7, 11) is -1.70. The SMILES string of the molecule is C/C=C(/[C@H](C)[C@H](O)C1CCCCC1)[Si](C)(C)c1ccccc1. The summed E-state index contributed by atoms with van der Waals surface area (Å²) < 4.78 is 0. The van der Waals surface area contributed by atoms with Crippen LogP contribution in [0.2, 0.25) is 13.1 Å². The highest BCUT2D eigenvalue weighted by molar-refractivity contribution is 6.95. The van der Waals surface area contributed by atoms with Gasteiger partial charge >= 0.3 is 0 Å². The maximum absolute atomic E-state index is 10.9. The lowest BCUT2D eigenvalue weighted by molar-refractivity contribution is 0.0538.